The van der Waals surface area contributed by atoms with Gasteiger partial charge in [0.05, 0.1) is 31.1 Å². The molecule has 1 aromatic rings. The Labute approximate surface area is 101 Å². The van der Waals surface area contributed by atoms with Gasteiger partial charge < -0.3 is 15.4 Å². The molecule has 17 heavy (non-hydrogen) atoms. The highest BCUT2D eigenvalue weighted by Crippen LogP contribution is 2.24. The lowest BCUT2D eigenvalue weighted by atomic mass is 10.1. The summed E-state index contributed by atoms with van der Waals surface area (Å²) in [5.74, 6) is 0.0868. The van der Waals surface area contributed by atoms with Crippen molar-refractivity contribution in [2.75, 3.05) is 24.7 Å². The van der Waals surface area contributed by atoms with Crippen LogP contribution in [0.4, 0.5) is 5.69 Å². The highest BCUT2D eigenvalue weighted by Gasteiger charge is 2.24. The van der Waals surface area contributed by atoms with Gasteiger partial charge in [-0.15, -0.1) is 0 Å². The van der Waals surface area contributed by atoms with Crippen molar-refractivity contribution >= 4 is 11.5 Å². The highest BCUT2D eigenvalue weighted by atomic mass is 16.5. The lowest BCUT2D eigenvalue weighted by molar-refractivity contribution is 0.0929. The number of morpholine rings is 1. The number of ether oxygens (including phenoxy) is 1. The second-order valence-corrected chi connectivity index (χ2v) is 4.14. The van der Waals surface area contributed by atoms with Gasteiger partial charge in [0.25, 0.3) is 0 Å². The fraction of sp³-hybridized carbons (Fsp3) is 0.500. The van der Waals surface area contributed by atoms with Crippen molar-refractivity contribution < 1.29 is 4.74 Å². The van der Waals surface area contributed by atoms with Crippen LogP contribution < -0.4 is 10.6 Å². The third kappa shape index (κ3) is 2.39. The quantitative estimate of drug-likeness (QED) is 0.604. The van der Waals surface area contributed by atoms with Crippen LogP contribution in [0.15, 0.2) is 18.5 Å². The van der Waals surface area contributed by atoms with E-state index in [1.54, 1.807) is 18.5 Å². The fourth-order valence-electron chi connectivity index (χ4n) is 2.15. The van der Waals surface area contributed by atoms with Crippen LogP contribution in [0.25, 0.3) is 0 Å². The molecular weight excluding hydrogens is 216 g/mol. The van der Waals surface area contributed by atoms with E-state index in [1.807, 2.05) is 0 Å². The molecule has 0 amide bonds. The van der Waals surface area contributed by atoms with Crippen molar-refractivity contribution in [1.29, 1.82) is 5.41 Å². The van der Waals surface area contributed by atoms with Crippen LogP contribution in [-0.2, 0) is 4.74 Å². The van der Waals surface area contributed by atoms with E-state index in [0.717, 1.165) is 30.8 Å². The zero-order valence-electron chi connectivity index (χ0n) is 10.0. The summed E-state index contributed by atoms with van der Waals surface area (Å²) >= 11 is 0. The Morgan fingerprint density at radius 1 is 1.71 bits per heavy atom. The molecule has 5 nitrogen and oxygen atoms in total. The molecular formula is C12H18N4O. The normalized spacial score (nSPS) is 20.3. The largest absolute Gasteiger partial charge is 0.384 e. The van der Waals surface area contributed by atoms with Crippen molar-refractivity contribution in [2.24, 2.45) is 5.73 Å². The Morgan fingerprint density at radius 2 is 2.53 bits per heavy atom. The van der Waals surface area contributed by atoms with Crippen LogP contribution in [0.5, 0.6) is 0 Å². The molecule has 0 spiro atoms. The number of aromatic nitrogens is 1. The summed E-state index contributed by atoms with van der Waals surface area (Å²) in [4.78, 5) is 6.38. The van der Waals surface area contributed by atoms with E-state index in [-0.39, 0.29) is 5.84 Å². The van der Waals surface area contributed by atoms with Gasteiger partial charge in [0.15, 0.2) is 0 Å². The first kappa shape index (κ1) is 11.9. The summed E-state index contributed by atoms with van der Waals surface area (Å²) in [6, 6.07) is 2.13. The lowest BCUT2D eigenvalue weighted by Gasteiger charge is -2.37. The molecule has 1 aromatic heterocycles. The number of nitrogens with zero attached hydrogens (tertiary/aromatic N) is 2. The average molecular weight is 234 g/mol. The molecule has 1 aliphatic rings. The third-order valence-corrected chi connectivity index (χ3v) is 3.10. The van der Waals surface area contributed by atoms with Gasteiger partial charge in [0, 0.05) is 18.3 Å². The lowest BCUT2D eigenvalue weighted by Crippen LogP contribution is -2.46. The minimum absolute atomic E-state index is 0.0868. The first-order valence-corrected chi connectivity index (χ1v) is 5.86. The number of amidine groups is 1. The molecule has 0 bridgehead atoms. The van der Waals surface area contributed by atoms with Crippen molar-refractivity contribution in [3.05, 3.63) is 24.0 Å². The number of nitrogen functional groups attached to an aromatic ring is 1. The molecule has 1 unspecified atom stereocenters. The zero-order valence-corrected chi connectivity index (χ0v) is 10.0. The van der Waals surface area contributed by atoms with Crippen LogP contribution in [0.1, 0.15) is 18.9 Å². The smallest absolute Gasteiger partial charge is 0.125 e. The van der Waals surface area contributed by atoms with Gasteiger partial charge in [0.1, 0.15) is 5.84 Å². The fourth-order valence-corrected chi connectivity index (χ4v) is 2.15. The first-order valence-electron chi connectivity index (χ1n) is 5.86. The van der Waals surface area contributed by atoms with Gasteiger partial charge in [-0.2, -0.15) is 0 Å². The molecule has 1 aliphatic heterocycles. The van der Waals surface area contributed by atoms with E-state index in [2.05, 4.69) is 16.8 Å². The molecule has 92 valence electrons. The molecule has 1 fully saturated rings. The van der Waals surface area contributed by atoms with Gasteiger partial charge in [0.2, 0.25) is 0 Å². The van der Waals surface area contributed by atoms with E-state index >= 15 is 0 Å². The number of pyridine rings is 1. The van der Waals surface area contributed by atoms with Gasteiger partial charge in [-0.3, -0.25) is 10.4 Å². The minimum Gasteiger partial charge on any atom is -0.384 e. The molecule has 0 aliphatic carbocycles. The predicted molar refractivity (Wildman–Crippen MR) is 67.5 cm³/mol. The first-order chi connectivity index (χ1) is 8.24. The Hall–Kier alpha value is -1.62. The summed E-state index contributed by atoms with van der Waals surface area (Å²) in [6.07, 6.45) is 4.46. The highest BCUT2D eigenvalue weighted by molar-refractivity contribution is 6.00. The van der Waals surface area contributed by atoms with Crippen molar-refractivity contribution in [3.63, 3.8) is 0 Å². The number of hydrogen-bond donors (Lipinski definition) is 2. The summed E-state index contributed by atoms with van der Waals surface area (Å²) < 4.78 is 5.48. The Morgan fingerprint density at radius 3 is 3.24 bits per heavy atom. The van der Waals surface area contributed by atoms with Crippen molar-refractivity contribution in [3.8, 4) is 0 Å². The van der Waals surface area contributed by atoms with E-state index in [9.17, 15) is 0 Å². The van der Waals surface area contributed by atoms with Crippen LogP contribution in [0.3, 0.4) is 0 Å². The second-order valence-electron chi connectivity index (χ2n) is 4.14. The molecule has 5 heteroatoms. The summed E-state index contributed by atoms with van der Waals surface area (Å²) in [5.41, 5.74) is 7.30. The maximum absolute atomic E-state index is 7.61. The van der Waals surface area contributed by atoms with Gasteiger partial charge >= 0.3 is 0 Å². The third-order valence-electron chi connectivity index (χ3n) is 3.10. The van der Waals surface area contributed by atoms with E-state index < -0.39 is 0 Å². The average Bonchev–Trinajstić information content (AvgIpc) is 2.38. The van der Waals surface area contributed by atoms with Crippen LogP contribution in [0, 0.1) is 5.41 Å². The number of nitrogens with two attached hydrogens (primary N) is 1. The maximum atomic E-state index is 7.61. The number of nitrogens with one attached hydrogen (secondary N) is 1. The number of anilines is 1. The Balaban J connectivity index is 2.34. The van der Waals surface area contributed by atoms with Crippen LogP contribution >= 0.6 is 0 Å². The van der Waals surface area contributed by atoms with Crippen LogP contribution in [-0.4, -0.2) is 36.6 Å². The molecule has 2 heterocycles. The summed E-state index contributed by atoms with van der Waals surface area (Å²) in [5, 5.41) is 7.61. The molecule has 1 atom stereocenters. The van der Waals surface area contributed by atoms with E-state index in [1.165, 1.54) is 0 Å². The van der Waals surface area contributed by atoms with E-state index in [0.29, 0.717) is 12.6 Å². The maximum Gasteiger partial charge on any atom is 0.125 e. The standard InChI is InChI=1S/C12H18N4O/c1-2-9-8-17-6-5-16(9)11-7-15-4-3-10(11)12(13)14/h3-4,7,9H,2,5-6,8H2,1H3,(H3,13,14). The summed E-state index contributed by atoms with van der Waals surface area (Å²) in [7, 11) is 0. The molecule has 0 saturated carbocycles. The molecule has 0 radical (unpaired) electrons. The second kappa shape index (κ2) is 5.14. The van der Waals surface area contributed by atoms with Gasteiger partial charge in [-0.1, -0.05) is 6.92 Å². The predicted octanol–water partition coefficient (Wildman–Crippen LogP) is 0.981. The molecule has 3 N–H and O–H groups in total. The molecule has 1 saturated heterocycles. The van der Waals surface area contributed by atoms with Gasteiger partial charge in [-0.25, -0.2) is 0 Å². The van der Waals surface area contributed by atoms with Crippen LogP contribution in [0.2, 0.25) is 0 Å². The monoisotopic (exact) mass is 234 g/mol. The molecule has 0 aromatic carbocycles. The van der Waals surface area contributed by atoms with Gasteiger partial charge in [-0.05, 0) is 12.5 Å². The Kier molecular flexibility index (Phi) is 3.58. The molecule has 2 rings (SSSR count). The van der Waals surface area contributed by atoms with Crippen molar-refractivity contribution in [2.45, 2.75) is 19.4 Å². The number of rotatable bonds is 3. The SMILES string of the molecule is CCC1COCCN1c1cnccc1C(=N)N. The Bertz CT molecular complexity index is 407. The zero-order chi connectivity index (χ0) is 12.3. The van der Waals surface area contributed by atoms with Crippen molar-refractivity contribution in [1.82, 2.24) is 4.98 Å². The summed E-state index contributed by atoms with van der Waals surface area (Å²) in [6.45, 7) is 4.39. The number of hydrogen-bond acceptors (Lipinski definition) is 4. The topological polar surface area (TPSA) is 75.2 Å². The minimum atomic E-state index is 0.0868. The van der Waals surface area contributed by atoms with E-state index in [4.69, 9.17) is 15.9 Å².